The zero-order chi connectivity index (χ0) is 5.70. The van der Waals surface area contributed by atoms with Gasteiger partial charge in [0.25, 0.3) is 0 Å². The Labute approximate surface area is 53.3 Å². The molecule has 52 valence electrons. The van der Waals surface area contributed by atoms with Crippen LogP contribution in [0.4, 0.5) is 4.70 Å². The van der Waals surface area contributed by atoms with Crippen LogP contribution in [0, 0.1) is 0 Å². The third-order valence-corrected chi connectivity index (χ3v) is 5.20. The zero-order valence-corrected chi connectivity index (χ0v) is 7.26. The van der Waals surface area contributed by atoms with E-state index < -0.39 is 0 Å². The fourth-order valence-corrected chi connectivity index (χ4v) is 2.60. The molecule has 0 spiro atoms. The zero-order valence-electron chi connectivity index (χ0n) is 6.11. The van der Waals surface area contributed by atoms with E-state index in [1.807, 2.05) is 0 Å². The molecule has 0 radical (unpaired) electrons. The van der Waals surface area contributed by atoms with Gasteiger partial charge in [-0.05, 0) is 0 Å². The summed E-state index contributed by atoms with van der Waals surface area (Å²) in [6, 6.07) is 4.48. The molecule has 0 aliphatic rings. The lowest BCUT2D eigenvalue weighted by atomic mass is 10.9. The molecule has 0 bridgehead atoms. The number of hydrogen-bond donors (Lipinski definition) is 0. The van der Waals surface area contributed by atoms with Crippen LogP contribution < -0.4 is 0 Å². The van der Waals surface area contributed by atoms with Crippen molar-refractivity contribution in [3.8, 4) is 0 Å². The molecule has 0 aromatic carbocycles. The normalized spacial score (nSPS) is 9.00. The molecule has 0 unspecified atom stereocenters. The van der Waals surface area contributed by atoms with Crippen LogP contribution in [0.2, 0.25) is 18.1 Å². The Balaban J connectivity index is 0. The quantitative estimate of drug-likeness (QED) is 0.523. The van der Waals surface area contributed by atoms with Crippen LogP contribution in [-0.2, 0) is 0 Å². The fraction of sp³-hybridized carbons (Fsp3) is 1.00. The average molecular weight is 136 g/mol. The molecule has 0 fully saturated rings. The summed E-state index contributed by atoms with van der Waals surface area (Å²) in [5.74, 6) is 0. The van der Waals surface area contributed by atoms with Gasteiger partial charge in [0.2, 0.25) is 0 Å². The molecule has 0 aliphatic carbocycles. The Morgan fingerprint density at radius 2 is 1.12 bits per heavy atom. The number of halogens is 1. The van der Waals surface area contributed by atoms with Gasteiger partial charge in [0.05, 0.1) is 0 Å². The second kappa shape index (κ2) is 7.15. The Bertz CT molecular complexity index is 30.0. The smallest absolute Gasteiger partial charge is 0.0359 e. The van der Waals surface area contributed by atoms with Crippen molar-refractivity contribution in [2.75, 3.05) is 0 Å². The Morgan fingerprint density at radius 1 is 0.875 bits per heavy atom. The first-order chi connectivity index (χ1) is 3.35. The highest BCUT2D eigenvalue weighted by atomic mass is 28.3. The predicted octanol–water partition coefficient (Wildman–Crippen LogP) is 2.43. The molecular weight excluding hydrogens is 119 g/mol. The lowest BCUT2D eigenvalue weighted by Gasteiger charge is -2.03. The van der Waals surface area contributed by atoms with Crippen LogP contribution in [0.5, 0.6) is 0 Å². The SMILES string of the molecule is CC[SiH](CC)CC.F. The standard InChI is InChI=1S/C6H16Si.FH/c1-4-7(5-2)6-3;/h7H,4-6H2,1-3H3;1H. The average Bonchev–Trinajstić information content (AvgIpc) is 1.72. The molecule has 0 saturated heterocycles. The van der Waals surface area contributed by atoms with Gasteiger partial charge in [0.1, 0.15) is 0 Å². The highest BCUT2D eigenvalue weighted by Crippen LogP contribution is 2.01. The Morgan fingerprint density at radius 3 is 1.12 bits per heavy atom. The van der Waals surface area contributed by atoms with Crippen LogP contribution in [0.25, 0.3) is 0 Å². The first-order valence-electron chi connectivity index (χ1n) is 3.35. The minimum absolute atomic E-state index is 0. The molecule has 0 saturated carbocycles. The van der Waals surface area contributed by atoms with Crippen LogP contribution in [-0.4, -0.2) is 8.80 Å². The second-order valence-electron chi connectivity index (χ2n) is 2.09. The van der Waals surface area contributed by atoms with Crippen LogP contribution >= 0.6 is 0 Å². The van der Waals surface area contributed by atoms with Gasteiger partial charge in [-0.15, -0.1) is 0 Å². The molecule has 0 rings (SSSR count). The Kier molecular flexibility index (Phi) is 9.84. The van der Waals surface area contributed by atoms with Crippen molar-refractivity contribution >= 4 is 8.80 Å². The van der Waals surface area contributed by atoms with E-state index in [1.165, 1.54) is 18.1 Å². The highest BCUT2D eigenvalue weighted by molar-refractivity contribution is 6.58. The fourth-order valence-electron chi connectivity index (χ4n) is 0.866. The van der Waals surface area contributed by atoms with Gasteiger partial charge < -0.3 is 0 Å². The van der Waals surface area contributed by atoms with E-state index in [1.54, 1.807) is 0 Å². The monoisotopic (exact) mass is 136 g/mol. The van der Waals surface area contributed by atoms with Gasteiger partial charge in [-0.3, -0.25) is 4.70 Å². The molecule has 0 heterocycles. The predicted molar refractivity (Wildman–Crippen MR) is 41.1 cm³/mol. The number of rotatable bonds is 3. The highest BCUT2D eigenvalue weighted by Gasteiger charge is 1.98. The lowest BCUT2D eigenvalue weighted by molar-refractivity contribution is 1.11. The second-order valence-corrected chi connectivity index (χ2v) is 6.27. The van der Waals surface area contributed by atoms with Crippen LogP contribution in [0.3, 0.4) is 0 Å². The summed E-state index contributed by atoms with van der Waals surface area (Å²) < 4.78 is 0. The van der Waals surface area contributed by atoms with E-state index >= 15 is 0 Å². The van der Waals surface area contributed by atoms with E-state index in [-0.39, 0.29) is 13.5 Å². The van der Waals surface area contributed by atoms with Gasteiger partial charge in [-0.1, -0.05) is 38.9 Å². The van der Waals surface area contributed by atoms with E-state index in [0.29, 0.717) is 0 Å². The minimum Gasteiger partial charge on any atom is -0.269 e. The molecule has 8 heavy (non-hydrogen) atoms. The summed E-state index contributed by atoms with van der Waals surface area (Å²) in [7, 11) is -0.171. The summed E-state index contributed by atoms with van der Waals surface area (Å²) in [5.41, 5.74) is 0. The van der Waals surface area contributed by atoms with Crippen molar-refractivity contribution < 1.29 is 4.70 Å². The van der Waals surface area contributed by atoms with Gasteiger partial charge in [-0.25, -0.2) is 0 Å². The summed E-state index contributed by atoms with van der Waals surface area (Å²) in [6.07, 6.45) is 0. The Hall–Kier alpha value is 0.147. The van der Waals surface area contributed by atoms with E-state index in [4.69, 9.17) is 0 Å². The van der Waals surface area contributed by atoms with Gasteiger partial charge in [-0.2, -0.15) is 0 Å². The molecule has 0 aliphatic heterocycles. The molecule has 0 aromatic heterocycles. The molecule has 0 N–H and O–H groups in total. The number of hydrogen-bond acceptors (Lipinski definition) is 0. The largest absolute Gasteiger partial charge is 0.269 e. The van der Waals surface area contributed by atoms with Crippen molar-refractivity contribution in [3.63, 3.8) is 0 Å². The first-order valence-corrected chi connectivity index (χ1v) is 5.80. The third-order valence-electron chi connectivity index (χ3n) is 1.73. The van der Waals surface area contributed by atoms with Crippen molar-refractivity contribution in [1.29, 1.82) is 0 Å². The van der Waals surface area contributed by atoms with Gasteiger partial charge >= 0.3 is 0 Å². The maximum Gasteiger partial charge on any atom is 0.0359 e. The summed E-state index contributed by atoms with van der Waals surface area (Å²) in [5, 5.41) is 0. The summed E-state index contributed by atoms with van der Waals surface area (Å²) >= 11 is 0. The van der Waals surface area contributed by atoms with Crippen molar-refractivity contribution in [2.45, 2.75) is 38.9 Å². The molecular formula is C6H17FSi. The summed E-state index contributed by atoms with van der Waals surface area (Å²) in [6.45, 7) is 6.97. The molecule has 0 amide bonds. The van der Waals surface area contributed by atoms with E-state index in [2.05, 4.69) is 20.8 Å². The van der Waals surface area contributed by atoms with Gasteiger partial charge in [0, 0.05) is 8.80 Å². The van der Waals surface area contributed by atoms with E-state index in [0.717, 1.165) is 0 Å². The van der Waals surface area contributed by atoms with Crippen molar-refractivity contribution in [3.05, 3.63) is 0 Å². The van der Waals surface area contributed by atoms with Crippen molar-refractivity contribution in [1.82, 2.24) is 0 Å². The third kappa shape index (κ3) is 4.31. The molecule has 2 heteroatoms. The van der Waals surface area contributed by atoms with E-state index in [9.17, 15) is 0 Å². The van der Waals surface area contributed by atoms with Crippen LogP contribution in [0.1, 0.15) is 20.8 Å². The minimum atomic E-state index is -0.171. The van der Waals surface area contributed by atoms with Crippen LogP contribution in [0.15, 0.2) is 0 Å². The maximum atomic E-state index is 2.32. The summed E-state index contributed by atoms with van der Waals surface area (Å²) in [4.78, 5) is 0. The molecule has 0 nitrogen and oxygen atoms in total. The van der Waals surface area contributed by atoms with Gasteiger partial charge in [0.15, 0.2) is 0 Å². The molecule has 0 aromatic rings. The van der Waals surface area contributed by atoms with Crippen molar-refractivity contribution in [2.24, 2.45) is 0 Å². The molecule has 0 atom stereocenters. The maximum absolute atomic E-state index is 2.32. The topological polar surface area (TPSA) is 0 Å². The lowest BCUT2D eigenvalue weighted by Crippen LogP contribution is -2.04. The first kappa shape index (κ1) is 11.0.